The third-order valence-corrected chi connectivity index (χ3v) is 10.7. The number of rotatable bonds is 8. The summed E-state index contributed by atoms with van der Waals surface area (Å²) in [6.07, 6.45) is 9.23. The SMILES string of the molecule is CC(CCC(=O)O)[C@H]1CCC2[C@H]3C(CC[C@@]21C)[C@@]1(C)CCC(OC=O)C[C@H]1C[C@@H]3OC=O. The van der Waals surface area contributed by atoms with E-state index in [9.17, 15) is 14.4 Å². The molecule has 4 aliphatic carbocycles. The summed E-state index contributed by atoms with van der Waals surface area (Å²) in [6, 6.07) is 0. The normalized spacial score (nSPS) is 46.2. The summed E-state index contributed by atoms with van der Waals surface area (Å²) < 4.78 is 11.1. The average Bonchev–Trinajstić information content (AvgIpc) is 3.10. The van der Waals surface area contributed by atoms with Crippen LogP contribution in [0.1, 0.15) is 85.0 Å². The Morgan fingerprint density at radius 2 is 1.69 bits per heavy atom. The van der Waals surface area contributed by atoms with Gasteiger partial charge < -0.3 is 14.6 Å². The van der Waals surface area contributed by atoms with E-state index in [1.54, 1.807) is 0 Å². The van der Waals surface area contributed by atoms with E-state index in [0.717, 1.165) is 51.4 Å². The molecule has 0 heterocycles. The minimum absolute atomic E-state index is 0.0150. The van der Waals surface area contributed by atoms with E-state index in [-0.39, 0.29) is 29.5 Å². The van der Waals surface area contributed by atoms with Gasteiger partial charge >= 0.3 is 5.97 Å². The van der Waals surface area contributed by atoms with Gasteiger partial charge in [-0.2, -0.15) is 0 Å². The summed E-state index contributed by atoms with van der Waals surface area (Å²) in [5.74, 6) is 2.04. The maximum absolute atomic E-state index is 11.5. The lowest BCUT2D eigenvalue weighted by molar-refractivity contribution is -0.190. The second-order valence-corrected chi connectivity index (χ2v) is 11.8. The van der Waals surface area contributed by atoms with Gasteiger partial charge in [-0.15, -0.1) is 0 Å². The van der Waals surface area contributed by atoms with Crippen LogP contribution >= 0.6 is 0 Å². The van der Waals surface area contributed by atoms with E-state index in [1.807, 2.05) is 0 Å². The lowest BCUT2D eigenvalue weighted by Gasteiger charge is -2.62. The van der Waals surface area contributed by atoms with Gasteiger partial charge in [-0.3, -0.25) is 14.4 Å². The van der Waals surface area contributed by atoms with Crippen LogP contribution in [0.2, 0.25) is 0 Å². The summed E-state index contributed by atoms with van der Waals surface area (Å²) in [5, 5.41) is 9.16. The molecule has 0 aliphatic heterocycles. The fraction of sp³-hybridized carbons (Fsp3) is 0.885. The molecule has 4 rings (SSSR count). The van der Waals surface area contributed by atoms with E-state index < -0.39 is 5.97 Å². The fourth-order valence-electron chi connectivity index (χ4n) is 9.10. The highest BCUT2D eigenvalue weighted by atomic mass is 16.5. The Balaban J connectivity index is 1.58. The first-order valence-corrected chi connectivity index (χ1v) is 12.6. The van der Waals surface area contributed by atoms with Gasteiger partial charge in [-0.05, 0) is 98.2 Å². The van der Waals surface area contributed by atoms with Gasteiger partial charge in [0.15, 0.2) is 0 Å². The quantitative estimate of drug-likeness (QED) is 0.535. The van der Waals surface area contributed by atoms with Crippen molar-refractivity contribution < 1.29 is 29.0 Å². The molecule has 0 aromatic rings. The maximum atomic E-state index is 11.5. The molecule has 4 saturated carbocycles. The lowest BCUT2D eigenvalue weighted by Crippen LogP contribution is -2.59. The van der Waals surface area contributed by atoms with Crippen molar-refractivity contribution >= 4 is 18.9 Å². The molecular weight excluding hydrogens is 408 g/mol. The highest BCUT2D eigenvalue weighted by Gasteiger charge is 2.63. The third kappa shape index (κ3) is 3.86. The number of fused-ring (bicyclic) bond motifs is 5. The van der Waals surface area contributed by atoms with Crippen molar-refractivity contribution in [1.82, 2.24) is 0 Å². The predicted octanol–water partition coefficient (Wildman–Crippen LogP) is 4.84. The lowest BCUT2D eigenvalue weighted by atomic mass is 9.43. The van der Waals surface area contributed by atoms with Crippen molar-refractivity contribution in [3.05, 3.63) is 0 Å². The number of hydrogen-bond acceptors (Lipinski definition) is 5. The number of hydrogen-bond donors (Lipinski definition) is 1. The first kappa shape index (κ1) is 23.6. The molecule has 0 amide bonds. The van der Waals surface area contributed by atoms with Crippen LogP contribution in [-0.4, -0.2) is 36.2 Å². The summed E-state index contributed by atoms with van der Waals surface area (Å²) in [4.78, 5) is 33.6. The number of aliphatic carboxylic acids is 1. The zero-order valence-corrected chi connectivity index (χ0v) is 19.8. The van der Waals surface area contributed by atoms with Gasteiger partial charge in [0.05, 0.1) is 0 Å². The van der Waals surface area contributed by atoms with E-state index in [2.05, 4.69) is 20.8 Å². The Labute approximate surface area is 191 Å². The van der Waals surface area contributed by atoms with Gasteiger partial charge in [0.1, 0.15) is 12.2 Å². The molecule has 0 saturated heterocycles. The van der Waals surface area contributed by atoms with Crippen LogP contribution < -0.4 is 0 Å². The molecule has 10 atom stereocenters. The number of ether oxygens (including phenoxy) is 2. The van der Waals surface area contributed by atoms with E-state index in [0.29, 0.717) is 48.5 Å². The van der Waals surface area contributed by atoms with Crippen molar-refractivity contribution in [2.75, 3.05) is 0 Å². The van der Waals surface area contributed by atoms with Crippen LogP contribution in [0.4, 0.5) is 0 Å². The molecule has 0 spiro atoms. The topological polar surface area (TPSA) is 89.9 Å². The Morgan fingerprint density at radius 3 is 2.38 bits per heavy atom. The van der Waals surface area contributed by atoms with Crippen LogP contribution in [0.25, 0.3) is 0 Å². The molecular formula is C26H40O6. The molecule has 6 nitrogen and oxygen atoms in total. The second-order valence-electron chi connectivity index (χ2n) is 11.8. The Kier molecular flexibility index (Phi) is 6.61. The zero-order chi connectivity index (χ0) is 23.1. The smallest absolute Gasteiger partial charge is 0.303 e. The fourth-order valence-corrected chi connectivity index (χ4v) is 9.10. The van der Waals surface area contributed by atoms with Crippen molar-refractivity contribution in [3.63, 3.8) is 0 Å². The van der Waals surface area contributed by atoms with Gasteiger partial charge in [-0.25, -0.2) is 0 Å². The first-order chi connectivity index (χ1) is 15.2. The molecule has 0 aromatic carbocycles. The van der Waals surface area contributed by atoms with Crippen LogP contribution in [0.3, 0.4) is 0 Å². The minimum atomic E-state index is -0.708. The molecule has 4 aliphatic rings. The predicted molar refractivity (Wildman–Crippen MR) is 119 cm³/mol. The average molecular weight is 449 g/mol. The first-order valence-electron chi connectivity index (χ1n) is 12.6. The van der Waals surface area contributed by atoms with E-state index >= 15 is 0 Å². The largest absolute Gasteiger partial charge is 0.481 e. The van der Waals surface area contributed by atoms with Crippen molar-refractivity contribution in [1.29, 1.82) is 0 Å². The van der Waals surface area contributed by atoms with E-state index in [1.165, 1.54) is 6.42 Å². The summed E-state index contributed by atoms with van der Waals surface area (Å²) >= 11 is 0. The van der Waals surface area contributed by atoms with Crippen LogP contribution in [-0.2, 0) is 23.9 Å². The van der Waals surface area contributed by atoms with Gasteiger partial charge in [-0.1, -0.05) is 20.8 Å². The maximum Gasteiger partial charge on any atom is 0.303 e. The highest BCUT2D eigenvalue weighted by Crippen LogP contribution is 2.68. The van der Waals surface area contributed by atoms with Crippen molar-refractivity contribution in [3.8, 4) is 0 Å². The molecule has 1 N–H and O–H groups in total. The zero-order valence-electron chi connectivity index (χ0n) is 19.8. The molecule has 6 heteroatoms. The number of carbonyl (C=O) groups is 3. The number of carbonyl (C=O) groups excluding carboxylic acids is 2. The molecule has 180 valence electrons. The number of carboxylic acid groups (broad SMARTS) is 1. The molecule has 32 heavy (non-hydrogen) atoms. The van der Waals surface area contributed by atoms with Gasteiger partial charge in [0.25, 0.3) is 12.9 Å². The Hall–Kier alpha value is -1.59. The van der Waals surface area contributed by atoms with Crippen LogP contribution in [0.15, 0.2) is 0 Å². The molecule has 0 bridgehead atoms. The molecule has 0 aromatic heterocycles. The monoisotopic (exact) mass is 448 g/mol. The second kappa shape index (κ2) is 8.98. The summed E-state index contributed by atoms with van der Waals surface area (Å²) in [5.41, 5.74) is 0.384. The summed E-state index contributed by atoms with van der Waals surface area (Å²) in [7, 11) is 0. The standard InChI is InChI=1S/C26H40O6/c1-16(4-7-23(29)30)19-5-6-20-24-21(9-11-26(19,20)3)25(2)10-8-18(31-14-27)12-17(25)13-22(24)32-15-28/h14-22,24H,4-13H2,1-3H3,(H,29,30)/t16?,17-,18?,19+,20?,21?,22-,24-,25-,26+/m0/s1. The van der Waals surface area contributed by atoms with Gasteiger partial charge in [0, 0.05) is 12.3 Å². The number of carboxylic acids is 1. The highest BCUT2D eigenvalue weighted by molar-refractivity contribution is 5.66. The summed E-state index contributed by atoms with van der Waals surface area (Å²) in [6.45, 7) is 8.33. The van der Waals surface area contributed by atoms with Crippen molar-refractivity contribution in [2.45, 2.75) is 97.2 Å². The Morgan fingerprint density at radius 1 is 1.00 bits per heavy atom. The third-order valence-electron chi connectivity index (χ3n) is 10.7. The molecule has 4 unspecified atom stereocenters. The van der Waals surface area contributed by atoms with Crippen LogP contribution in [0.5, 0.6) is 0 Å². The van der Waals surface area contributed by atoms with Crippen molar-refractivity contribution in [2.24, 2.45) is 46.3 Å². The van der Waals surface area contributed by atoms with Gasteiger partial charge in [0.2, 0.25) is 0 Å². The molecule has 0 radical (unpaired) electrons. The van der Waals surface area contributed by atoms with Crippen LogP contribution in [0, 0.1) is 46.3 Å². The Bertz CT molecular complexity index is 723. The molecule has 4 fully saturated rings. The minimum Gasteiger partial charge on any atom is -0.481 e. The van der Waals surface area contributed by atoms with E-state index in [4.69, 9.17) is 14.6 Å².